The van der Waals surface area contributed by atoms with Gasteiger partial charge in [-0.15, -0.1) is 0 Å². The summed E-state index contributed by atoms with van der Waals surface area (Å²) in [4.78, 5) is 0. The van der Waals surface area contributed by atoms with E-state index in [1.54, 1.807) is 0 Å². The van der Waals surface area contributed by atoms with Crippen LogP contribution >= 0.6 is 0 Å². The van der Waals surface area contributed by atoms with Crippen molar-refractivity contribution in [1.29, 1.82) is 0 Å². The van der Waals surface area contributed by atoms with Crippen LogP contribution < -0.4 is 24.8 Å². The van der Waals surface area contributed by atoms with Crippen LogP contribution in [-0.2, 0) is 31.5 Å². The molecule has 32 heavy (non-hydrogen) atoms. The maximum absolute atomic E-state index is 2.69. The molecular weight excluding hydrogens is 485 g/mol. The van der Waals surface area contributed by atoms with Gasteiger partial charge in [0.15, 0.2) is 0 Å². The Hall–Kier alpha value is -0.0888. The zero-order chi connectivity index (χ0) is 22.9. The fourth-order valence-electron chi connectivity index (χ4n) is 4.94. The van der Waals surface area contributed by atoms with E-state index in [1.165, 1.54) is 33.4 Å². The zero-order valence-electron chi connectivity index (χ0n) is 21.7. The number of hydrogen-bond donors (Lipinski definition) is 0. The van der Waals surface area contributed by atoms with Crippen LogP contribution in [0.25, 0.3) is 11.1 Å². The summed E-state index contributed by atoms with van der Waals surface area (Å²) in [6.45, 7) is 26.1. The van der Waals surface area contributed by atoms with Crippen LogP contribution in [-0.4, -0.2) is 16.8 Å². The molecule has 0 spiro atoms. The predicted molar refractivity (Wildman–Crippen MR) is 130 cm³/mol. The van der Waals surface area contributed by atoms with Crippen LogP contribution in [0.3, 0.4) is 0 Å². The van der Waals surface area contributed by atoms with Crippen LogP contribution in [0, 0.1) is 0 Å². The molecule has 0 fully saturated rings. The van der Waals surface area contributed by atoms with Crippen molar-refractivity contribution in [3.8, 4) is 11.1 Å². The number of fused-ring (bicyclic) bond motifs is 3. The molecule has 0 heterocycles. The second kappa shape index (κ2) is 9.52. The molecule has 175 valence electrons. The molecule has 0 aliphatic heterocycles. The average Bonchev–Trinajstić information content (AvgIpc) is 2.92. The maximum atomic E-state index is 2.69. The van der Waals surface area contributed by atoms with Crippen molar-refractivity contribution >= 4 is 8.24 Å². The summed E-state index contributed by atoms with van der Waals surface area (Å²) in [5, 5.41) is 0. The first kappa shape index (κ1) is 29.9. The summed E-state index contributed by atoms with van der Waals surface area (Å²) in [6, 6.07) is 14.6. The standard InChI is InChI=1S/C27H40NSi.2ClH.Ti/c1-25(2,3)18-12-14-20-22(16-18)23-17-19(26(4,5)6)13-15-21(23)24(20)29(10,11)28-27(7,8)9;;;/h12-17,24H,1-11H3;2*1H;/q-1;;;+3/p-2. The third kappa shape index (κ3) is 5.42. The van der Waals surface area contributed by atoms with Crippen LogP contribution in [0.2, 0.25) is 13.1 Å². The van der Waals surface area contributed by atoms with Gasteiger partial charge in [-0.25, -0.2) is 0 Å². The van der Waals surface area contributed by atoms with Gasteiger partial charge in [0, 0.05) is 0 Å². The molecule has 0 amide bonds. The SMILES string of the molecule is CC(C)(C)c1ccc2c(c1)-c1cc(C(C)(C)C)ccc1C2[Si](C)(C)[N]([Ti+2])C(C)(C)C.[Cl-].[Cl-]. The molecule has 3 rings (SSSR count). The maximum Gasteiger partial charge on any atom is -1.00 e. The summed E-state index contributed by atoms with van der Waals surface area (Å²) in [7, 11) is -1.80. The van der Waals surface area contributed by atoms with Crippen LogP contribution in [0.4, 0.5) is 0 Å². The van der Waals surface area contributed by atoms with Gasteiger partial charge in [0.1, 0.15) is 0 Å². The van der Waals surface area contributed by atoms with Gasteiger partial charge in [0.25, 0.3) is 0 Å². The first-order chi connectivity index (χ1) is 13.5. The molecule has 0 bridgehead atoms. The fourth-order valence-corrected chi connectivity index (χ4v) is 9.56. The van der Waals surface area contributed by atoms with Gasteiger partial charge in [-0.05, 0) is 0 Å². The van der Waals surface area contributed by atoms with E-state index in [1.807, 2.05) is 0 Å². The number of hydrogen-bond acceptors (Lipinski definition) is 1. The topological polar surface area (TPSA) is 3.24 Å². The van der Waals surface area contributed by atoms with Crippen molar-refractivity contribution in [2.75, 3.05) is 0 Å². The van der Waals surface area contributed by atoms with E-state index < -0.39 is 8.24 Å². The summed E-state index contributed by atoms with van der Waals surface area (Å²) in [6.07, 6.45) is 0. The van der Waals surface area contributed by atoms with E-state index in [2.05, 4.69) is 136 Å². The number of halogens is 2. The van der Waals surface area contributed by atoms with Crippen LogP contribution in [0.15, 0.2) is 36.4 Å². The Kier molecular flexibility index (Phi) is 8.90. The Morgan fingerprint density at radius 3 is 1.31 bits per heavy atom. The smallest absolute Gasteiger partial charge is 1.00 e. The normalized spacial score (nSPS) is 14.6. The van der Waals surface area contributed by atoms with E-state index in [9.17, 15) is 0 Å². The van der Waals surface area contributed by atoms with Crippen molar-refractivity contribution < 1.29 is 45.5 Å². The molecule has 0 unspecified atom stereocenters. The quantitative estimate of drug-likeness (QED) is 0.540. The molecule has 1 aliphatic carbocycles. The Balaban J connectivity index is 0.00000256. The minimum absolute atomic E-state index is 0. The van der Waals surface area contributed by atoms with Gasteiger partial charge in [0.05, 0.1) is 0 Å². The van der Waals surface area contributed by atoms with E-state index in [0.29, 0.717) is 5.54 Å². The Morgan fingerprint density at radius 2 is 1.03 bits per heavy atom. The molecule has 0 radical (unpaired) electrons. The van der Waals surface area contributed by atoms with E-state index in [0.717, 1.165) is 0 Å². The third-order valence-corrected chi connectivity index (χ3v) is 14.3. The van der Waals surface area contributed by atoms with Crippen molar-refractivity contribution in [3.05, 3.63) is 58.7 Å². The molecule has 1 nitrogen and oxygen atoms in total. The first-order valence-corrected chi connectivity index (χ1v) is 15.0. The van der Waals surface area contributed by atoms with Gasteiger partial charge >= 0.3 is 199 Å². The number of rotatable bonds is 2. The first-order valence-electron chi connectivity index (χ1n) is 11.3. The molecule has 1 aliphatic rings. The largest absolute Gasteiger partial charge is 1.00 e. The molecule has 0 saturated heterocycles. The van der Waals surface area contributed by atoms with E-state index in [4.69, 9.17) is 0 Å². The Morgan fingerprint density at radius 1 is 0.688 bits per heavy atom. The molecule has 0 atom stereocenters. The van der Waals surface area contributed by atoms with Crippen molar-refractivity contribution in [1.82, 2.24) is 3.05 Å². The zero-order valence-corrected chi connectivity index (χ0v) is 25.8. The third-order valence-electron chi connectivity index (χ3n) is 6.70. The van der Waals surface area contributed by atoms with Gasteiger partial charge in [-0.3, -0.25) is 0 Å². The number of nitrogens with zero attached hydrogens (tertiary/aromatic N) is 1. The monoisotopic (exact) mass is 524 g/mol. The van der Waals surface area contributed by atoms with Crippen LogP contribution in [0.5, 0.6) is 0 Å². The van der Waals surface area contributed by atoms with Crippen molar-refractivity contribution in [2.24, 2.45) is 0 Å². The van der Waals surface area contributed by atoms with Crippen LogP contribution in [0.1, 0.15) is 90.1 Å². The minimum Gasteiger partial charge on any atom is -1.00 e. The van der Waals surface area contributed by atoms with Gasteiger partial charge in [-0.1, -0.05) is 0 Å². The molecule has 2 aromatic carbocycles. The summed E-state index contributed by atoms with van der Waals surface area (Å²) in [5.41, 5.74) is 9.84. The van der Waals surface area contributed by atoms with Gasteiger partial charge in [-0.2, -0.15) is 0 Å². The molecular formula is C27H40Cl2NSiTi. The second-order valence-corrected chi connectivity index (χ2v) is 18.4. The molecule has 0 N–H and O–H groups in total. The number of benzene rings is 2. The van der Waals surface area contributed by atoms with Crippen molar-refractivity contribution in [2.45, 2.75) is 97.3 Å². The molecule has 2 aromatic rings. The van der Waals surface area contributed by atoms with Gasteiger partial charge in [0.2, 0.25) is 0 Å². The van der Waals surface area contributed by atoms with Gasteiger partial charge < -0.3 is 24.8 Å². The average molecular weight is 525 g/mol. The summed E-state index contributed by atoms with van der Waals surface area (Å²) in [5.74, 6) is 0. The van der Waals surface area contributed by atoms with Crippen molar-refractivity contribution in [3.63, 3.8) is 0 Å². The molecule has 5 heteroatoms. The Bertz CT molecular complexity index is 902. The second-order valence-electron chi connectivity index (χ2n) is 12.7. The van der Waals surface area contributed by atoms with E-state index in [-0.39, 0.29) is 41.2 Å². The predicted octanol–water partition coefficient (Wildman–Crippen LogP) is 1.71. The summed E-state index contributed by atoms with van der Waals surface area (Å²) >= 11 is 2.34. The Labute approximate surface area is 222 Å². The minimum atomic E-state index is -1.80. The molecule has 0 aromatic heterocycles. The fraction of sp³-hybridized carbons (Fsp3) is 0.556. The molecule has 0 saturated carbocycles. The summed E-state index contributed by atoms with van der Waals surface area (Å²) < 4.78 is 2.69. The van der Waals surface area contributed by atoms with E-state index >= 15 is 0 Å².